The van der Waals surface area contributed by atoms with Gasteiger partial charge in [-0.05, 0) is 361 Å². The Hall–Kier alpha value is -8.80. The molecular formula is C85H36BrNO2. The molecule has 1 aliphatic heterocycles. The summed E-state index contributed by atoms with van der Waals surface area (Å²) in [5.41, 5.74) is 7.46. The van der Waals surface area contributed by atoms with Gasteiger partial charge >= 0.3 is 0 Å². The van der Waals surface area contributed by atoms with Crippen molar-refractivity contribution < 1.29 is 9.47 Å². The molecule has 30 aromatic rings. The van der Waals surface area contributed by atoms with Crippen LogP contribution in [0.2, 0.25) is 0 Å². The summed E-state index contributed by atoms with van der Waals surface area (Å²) < 4.78 is 15.8. The third-order valence-electron chi connectivity index (χ3n) is 29.8. The maximum Gasteiger partial charge on any atom is 0.141 e. The number of unbranched alkanes of at least 4 members (excludes halogenated alkanes) is 6. The zero-order valence-corrected chi connectivity index (χ0v) is 49.9. The molecule has 4 heteroatoms. The molecule has 1 atom stereocenters. The van der Waals surface area contributed by atoms with Crippen LogP contribution in [0.1, 0.15) is 99.1 Å². The Morgan fingerprint density at radius 3 is 0.888 bits per heavy atom. The van der Waals surface area contributed by atoms with E-state index in [1.165, 1.54) is 49.5 Å². The maximum absolute atomic E-state index is 7.79. The van der Waals surface area contributed by atoms with Crippen molar-refractivity contribution in [1.29, 1.82) is 0 Å². The van der Waals surface area contributed by atoms with Gasteiger partial charge in [-0.15, -0.1) is 0 Å². The molecule has 1 unspecified atom stereocenters. The number of rotatable bonds is 13. The lowest BCUT2D eigenvalue weighted by molar-refractivity contribution is 0.251. The minimum absolute atomic E-state index is 0.0321. The van der Waals surface area contributed by atoms with E-state index in [1.807, 2.05) is 0 Å². The minimum Gasteiger partial charge on any atom is -0.493 e. The number of likely N-dealkylation sites (N-methyl/N-ethyl adjacent to an activating group) is 1. The highest BCUT2D eigenvalue weighted by Crippen LogP contribution is 2.87. The third-order valence-corrected chi connectivity index (χ3v) is 30.4. The first-order valence-electron chi connectivity index (χ1n) is 34.1. The largest absolute Gasteiger partial charge is 0.493 e. The van der Waals surface area contributed by atoms with Crippen molar-refractivity contribution >= 4 is 318 Å². The summed E-state index contributed by atoms with van der Waals surface area (Å²) in [5, 5.41) is 91.7. The number of fused-ring (bicyclic) bond motifs is 1. The van der Waals surface area contributed by atoms with Gasteiger partial charge in [0, 0.05) is 22.9 Å². The fourth-order valence-corrected chi connectivity index (χ4v) is 29.2. The second-order valence-electron chi connectivity index (χ2n) is 31.6. The molecule has 1 saturated heterocycles. The van der Waals surface area contributed by atoms with E-state index in [0.717, 1.165) is 40.7 Å². The Kier molecular flexibility index (Phi) is 4.49. The normalized spacial score (nSPS) is 21.4. The fraction of sp³-hybridized carbons (Fsp3) is 0.200. The smallest absolute Gasteiger partial charge is 0.141 e. The van der Waals surface area contributed by atoms with Crippen LogP contribution in [-0.2, 0) is 10.8 Å². The highest BCUT2D eigenvalue weighted by Gasteiger charge is 2.76. The summed E-state index contributed by atoms with van der Waals surface area (Å²) in [6.07, 6.45) is 9.36. The van der Waals surface area contributed by atoms with E-state index in [4.69, 9.17) is 9.47 Å². The molecule has 0 bridgehead atoms. The first-order valence-corrected chi connectivity index (χ1v) is 34.9. The first kappa shape index (κ1) is 39.3. The fourth-order valence-electron chi connectivity index (χ4n) is 28.8. The van der Waals surface area contributed by atoms with E-state index in [1.54, 1.807) is 313 Å². The number of halogens is 1. The lowest BCUT2D eigenvalue weighted by atomic mass is 9.47. The molecule has 5 aliphatic rings. The Labute approximate surface area is 505 Å². The van der Waals surface area contributed by atoms with E-state index in [0.29, 0.717) is 13.2 Å². The van der Waals surface area contributed by atoms with Crippen LogP contribution in [0.25, 0.3) is 302 Å². The van der Waals surface area contributed by atoms with E-state index < -0.39 is 5.41 Å². The maximum atomic E-state index is 7.79. The molecule has 89 heavy (non-hydrogen) atoms. The van der Waals surface area contributed by atoms with Gasteiger partial charge in [0.1, 0.15) is 11.5 Å². The second kappa shape index (κ2) is 10.2. The van der Waals surface area contributed by atoms with Crippen molar-refractivity contribution in [2.75, 3.05) is 26.8 Å². The molecule has 1 fully saturated rings. The molecule has 0 aromatic heterocycles. The summed E-state index contributed by atoms with van der Waals surface area (Å²) in [5.74, 6) is 2.06. The molecule has 0 radical (unpaired) electrons. The van der Waals surface area contributed by atoms with Crippen LogP contribution in [0.15, 0.2) is 28.7 Å². The molecule has 400 valence electrons. The number of ether oxygens (including phenoxy) is 2. The third kappa shape index (κ3) is 2.59. The monoisotopic (exact) mass is 1180 g/mol. The predicted molar refractivity (Wildman–Crippen MR) is 380 cm³/mol. The number of likely N-dealkylation sites (tertiary alicyclic amines) is 1. The molecule has 0 N–H and O–H groups in total. The average molecular weight is 1180 g/mol. The highest BCUT2D eigenvalue weighted by molar-refractivity contribution is 9.10. The van der Waals surface area contributed by atoms with Gasteiger partial charge in [0.2, 0.25) is 0 Å². The van der Waals surface area contributed by atoms with Gasteiger partial charge in [0.15, 0.2) is 0 Å². The average Bonchev–Trinajstić information content (AvgIpc) is 1.38. The van der Waals surface area contributed by atoms with Crippen molar-refractivity contribution in [2.24, 2.45) is 0 Å². The number of benzene rings is 20. The quantitative estimate of drug-likeness (QED) is 0.0848. The van der Waals surface area contributed by atoms with Gasteiger partial charge in [0.25, 0.3) is 0 Å². The summed E-state index contributed by atoms with van der Waals surface area (Å²) in [6.45, 7) is 7.02. The van der Waals surface area contributed by atoms with Crippen LogP contribution >= 0.6 is 15.9 Å². The Bertz CT molecular complexity index is 8030. The molecule has 1 heterocycles. The van der Waals surface area contributed by atoms with Crippen LogP contribution in [0, 0.1) is 0 Å². The molecular weight excluding hydrogens is 1150 g/mol. The zero-order chi connectivity index (χ0) is 55.1. The Balaban J connectivity index is 0.896. The van der Waals surface area contributed by atoms with E-state index in [9.17, 15) is 0 Å². The molecule has 2 spiro atoms. The lowest BCUT2D eigenvalue weighted by Crippen LogP contribution is -2.52. The first-order chi connectivity index (χ1) is 44.1. The Morgan fingerprint density at radius 2 is 0.584 bits per heavy atom. The summed E-state index contributed by atoms with van der Waals surface area (Å²) >= 11 is 4.08. The zero-order valence-electron chi connectivity index (χ0n) is 48.3. The van der Waals surface area contributed by atoms with Gasteiger partial charge in [-0.3, -0.25) is 4.90 Å². The van der Waals surface area contributed by atoms with Crippen LogP contribution in [-0.4, -0.2) is 31.7 Å². The van der Waals surface area contributed by atoms with Crippen LogP contribution < -0.4 is 9.47 Å². The van der Waals surface area contributed by atoms with Crippen molar-refractivity contribution in [3.05, 3.63) is 56.6 Å². The molecule has 0 amide bonds. The summed E-state index contributed by atoms with van der Waals surface area (Å²) in [6, 6.07) is 9.74. The van der Waals surface area contributed by atoms with Gasteiger partial charge in [-0.1, -0.05) is 64.5 Å². The molecule has 4 aliphatic carbocycles. The SMILES string of the molecule is CCCCCCOc1c(Br)ccc2c(OCCCCCC)c(C3N(C)CC45c6c7c8c9c%10c%11c(c%12c%13c4c4c6c6c%14c7c7c8c8c%10c%10c%15c%11c%11c%12c%12c%13c%13c4c4c6c6c%14c%14c7c7c8c%10c8c%10c%15c%11c%11c%12c%12c%13c4c4c6c6c%14c7c8c7c%10c%11c%12c4c67)C935)ccc12. The number of hydrogen-bond acceptors (Lipinski definition) is 3. The minimum atomic E-state index is -0.477. The predicted octanol–water partition coefficient (Wildman–Crippen LogP) is 23.8. The molecule has 35 rings (SSSR count). The van der Waals surface area contributed by atoms with Crippen LogP contribution in [0.4, 0.5) is 0 Å². The molecule has 3 nitrogen and oxygen atoms in total. The van der Waals surface area contributed by atoms with Crippen LogP contribution in [0.5, 0.6) is 11.5 Å². The standard InChI is InChI=1S/C85H36BrNO2/c1-4-6-8-10-16-88-81-19-14-15-22(86)82(89-17-11-9-7-5-2)20(19)12-13-21(81)83-85-79-73-67-57-45-37-29-25-23-24-27-31(29)39(45)49-43-35(27)36-28(24)32-30-26(23)34-33(25)41-47(37)55-61-51(41)52-42(34)48-38(30)46-40(32)50-44(36)54-53(43)65(59(49)67)75(79)76-66(54)60(50)68-58(46)64-56(48)62(52)70-69(61)77(71(73)63(55)57)84(85,18-87(83)3)78(70)72(64)74(68)80(76)85/h12-15,83H,4-11,16-18H2,1-3H3. The highest BCUT2D eigenvalue weighted by atomic mass is 79.9. The van der Waals surface area contributed by atoms with Crippen LogP contribution in [0.3, 0.4) is 0 Å². The number of nitrogens with zero attached hydrogens (tertiary/aromatic N) is 1. The second-order valence-corrected chi connectivity index (χ2v) is 32.4. The van der Waals surface area contributed by atoms with Crippen molar-refractivity contribution in [1.82, 2.24) is 4.90 Å². The van der Waals surface area contributed by atoms with Gasteiger partial charge < -0.3 is 9.47 Å². The van der Waals surface area contributed by atoms with Crippen molar-refractivity contribution in [3.8, 4) is 11.5 Å². The van der Waals surface area contributed by atoms with E-state index >= 15 is 0 Å². The summed E-state index contributed by atoms with van der Waals surface area (Å²) in [7, 11) is 2.60. The van der Waals surface area contributed by atoms with Gasteiger partial charge in [0.05, 0.1) is 34.6 Å². The topological polar surface area (TPSA) is 21.7 Å². The number of hydrogen-bond donors (Lipinski definition) is 0. The lowest BCUT2D eigenvalue weighted by Gasteiger charge is -2.52. The summed E-state index contributed by atoms with van der Waals surface area (Å²) in [4.78, 5) is 2.97. The van der Waals surface area contributed by atoms with Gasteiger partial charge in [-0.2, -0.15) is 0 Å². The Morgan fingerprint density at radius 1 is 0.326 bits per heavy atom. The van der Waals surface area contributed by atoms with Crippen molar-refractivity contribution in [3.63, 3.8) is 0 Å². The van der Waals surface area contributed by atoms with Crippen molar-refractivity contribution in [2.45, 2.75) is 82.1 Å². The molecule has 0 saturated carbocycles. The van der Waals surface area contributed by atoms with E-state index in [-0.39, 0.29) is 11.5 Å². The van der Waals surface area contributed by atoms with E-state index in [2.05, 4.69) is 66.0 Å². The molecule has 30 aromatic carbocycles. The van der Waals surface area contributed by atoms with Gasteiger partial charge in [-0.25, -0.2) is 0 Å².